The molecule has 1 aliphatic carbocycles. The van der Waals surface area contributed by atoms with Gasteiger partial charge in [0.15, 0.2) is 0 Å². The molecule has 0 bridgehead atoms. The van der Waals surface area contributed by atoms with E-state index in [-0.39, 0.29) is 23.7 Å². The second kappa shape index (κ2) is 9.56. The monoisotopic (exact) mass is 377 g/mol. The Bertz CT molecular complexity index is 537. The minimum absolute atomic E-state index is 0.0693. The molecule has 27 heavy (non-hydrogen) atoms. The Kier molecular flexibility index (Phi) is 7.13. The van der Waals surface area contributed by atoms with Crippen LogP contribution in [0.1, 0.15) is 64.7 Å². The Labute approximate surface area is 163 Å². The lowest BCUT2D eigenvalue weighted by Gasteiger charge is -2.40. The van der Waals surface area contributed by atoms with E-state index in [0.29, 0.717) is 45.1 Å². The molecule has 3 fully saturated rings. The fourth-order valence-corrected chi connectivity index (χ4v) is 4.79. The van der Waals surface area contributed by atoms with Gasteiger partial charge in [-0.1, -0.05) is 26.2 Å². The van der Waals surface area contributed by atoms with Gasteiger partial charge in [-0.15, -0.1) is 0 Å². The number of likely N-dealkylation sites (tertiary alicyclic amines) is 1. The summed E-state index contributed by atoms with van der Waals surface area (Å²) < 4.78 is 0. The Morgan fingerprint density at radius 1 is 0.704 bits per heavy atom. The van der Waals surface area contributed by atoms with Crippen molar-refractivity contribution in [1.29, 1.82) is 0 Å². The molecule has 3 aliphatic rings. The number of nitrogens with zero attached hydrogens (tertiary/aromatic N) is 3. The number of rotatable bonds is 4. The van der Waals surface area contributed by atoms with Gasteiger partial charge in [0.2, 0.25) is 17.7 Å². The van der Waals surface area contributed by atoms with Gasteiger partial charge < -0.3 is 14.7 Å². The maximum atomic E-state index is 12.9. The zero-order valence-corrected chi connectivity index (χ0v) is 16.8. The molecule has 6 nitrogen and oxygen atoms in total. The third kappa shape index (κ3) is 5.02. The molecule has 0 aromatic carbocycles. The SMILES string of the molecule is CCCC(=O)N1CCCC(C(=O)N2CCN(C(=O)C3CCCCC3)CC2)C1. The summed E-state index contributed by atoms with van der Waals surface area (Å²) in [5, 5.41) is 0. The standard InChI is InChI=1S/C21H35N3O3/c1-2-7-19(25)24-11-6-10-18(16-24)21(27)23-14-12-22(13-15-23)20(26)17-8-4-3-5-9-17/h17-18H,2-16H2,1H3. The summed E-state index contributed by atoms with van der Waals surface area (Å²) in [5.74, 6) is 0.792. The van der Waals surface area contributed by atoms with E-state index in [2.05, 4.69) is 0 Å². The van der Waals surface area contributed by atoms with Crippen molar-refractivity contribution in [2.75, 3.05) is 39.3 Å². The molecule has 0 radical (unpaired) electrons. The van der Waals surface area contributed by atoms with Crippen LogP contribution in [0.5, 0.6) is 0 Å². The van der Waals surface area contributed by atoms with Crippen molar-refractivity contribution in [3.63, 3.8) is 0 Å². The summed E-state index contributed by atoms with van der Waals surface area (Å²) in [6.45, 7) is 5.95. The lowest BCUT2D eigenvalue weighted by atomic mass is 9.88. The van der Waals surface area contributed by atoms with Crippen molar-refractivity contribution >= 4 is 17.7 Å². The first-order valence-electron chi connectivity index (χ1n) is 11.0. The van der Waals surface area contributed by atoms with Gasteiger partial charge in [0.1, 0.15) is 0 Å². The van der Waals surface area contributed by atoms with Crippen molar-refractivity contribution in [3.05, 3.63) is 0 Å². The van der Waals surface area contributed by atoms with Crippen LogP contribution in [0.25, 0.3) is 0 Å². The van der Waals surface area contributed by atoms with Crippen molar-refractivity contribution in [2.45, 2.75) is 64.7 Å². The van der Waals surface area contributed by atoms with Gasteiger partial charge >= 0.3 is 0 Å². The van der Waals surface area contributed by atoms with E-state index in [0.717, 1.165) is 38.6 Å². The van der Waals surface area contributed by atoms with Crippen molar-refractivity contribution in [1.82, 2.24) is 14.7 Å². The van der Waals surface area contributed by atoms with E-state index >= 15 is 0 Å². The van der Waals surface area contributed by atoms with Crippen molar-refractivity contribution in [2.24, 2.45) is 11.8 Å². The Hall–Kier alpha value is -1.59. The van der Waals surface area contributed by atoms with Crippen LogP contribution in [0, 0.1) is 11.8 Å². The van der Waals surface area contributed by atoms with Crippen LogP contribution in [0.3, 0.4) is 0 Å². The van der Waals surface area contributed by atoms with Crippen LogP contribution in [0.15, 0.2) is 0 Å². The average Bonchev–Trinajstić information content (AvgIpc) is 2.73. The molecule has 0 aromatic heterocycles. The lowest BCUT2D eigenvalue weighted by Crippen LogP contribution is -2.55. The fraction of sp³-hybridized carbons (Fsp3) is 0.857. The summed E-state index contributed by atoms with van der Waals surface area (Å²) in [6, 6.07) is 0. The number of carbonyl (C=O) groups excluding carboxylic acids is 3. The lowest BCUT2D eigenvalue weighted by molar-refractivity contribution is -0.147. The van der Waals surface area contributed by atoms with Crippen LogP contribution < -0.4 is 0 Å². The number of piperidine rings is 1. The fourth-order valence-electron chi connectivity index (χ4n) is 4.79. The number of piperazine rings is 1. The first kappa shape index (κ1) is 20.2. The number of hydrogen-bond acceptors (Lipinski definition) is 3. The Morgan fingerprint density at radius 2 is 1.26 bits per heavy atom. The Balaban J connectivity index is 1.47. The molecule has 1 saturated carbocycles. The van der Waals surface area contributed by atoms with Gasteiger partial charge in [0.05, 0.1) is 5.92 Å². The second-order valence-electron chi connectivity index (χ2n) is 8.41. The molecule has 0 N–H and O–H groups in total. The summed E-state index contributed by atoms with van der Waals surface area (Å²) in [5.41, 5.74) is 0. The first-order valence-corrected chi connectivity index (χ1v) is 11.0. The third-order valence-electron chi connectivity index (χ3n) is 6.44. The van der Waals surface area contributed by atoms with Crippen LogP contribution in [-0.2, 0) is 14.4 Å². The first-order chi connectivity index (χ1) is 13.1. The molecule has 2 aliphatic heterocycles. The minimum atomic E-state index is -0.0693. The summed E-state index contributed by atoms with van der Waals surface area (Å²) in [7, 11) is 0. The molecular formula is C21H35N3O3. The van der Waals surface area contributed by atoms with Crippen LogP contribution in [0.2, 0.25) is 0 Å². The highest BCUT2D eigenvalue weighted by Crippen LogP contribution is 2.26. The quantitative estimate of drug-likeness (QED) is 0.755. The maximum absolute atomic E-state index is 12.9. The Morgan fingerprint density at radius 3 is 1.85 bits per heavy atom. The van der Waals surface area contributed by atoms with Gasteiger partial charge in [-0.2, -0.15) is 0 Å². The molecule has 3 amide bonds. The second-order valence-corrected chi connectivity index (χ2v) is 8.41. The molecule has 152 valence electrons. The molecule has 3 rings (SSSR count). The highest BCUT2D eigenvalue weighted by Gasteiger charge is 2.34. The third-order valence-corrected chi connectivity index (χ3v) is 6.44. The van der Waals surface area contributed by atoms with E-state index in [1.807, 2.05) is 21.6 Å². The van der Waals surface area contributed by atoms with Gasteiger partial charge in [-0.05, 0) is 32.1 Å². The molecule has 0 spiro atoms. The number of carbonyl (C=O) groups is 3. The summed E-state index contributed by atoms with van der Waals surface area (Å²) in [6.07, 6.45) is 8.86. The molecule has 2 saturated heterocycles. The number of amides is 3. The van der Waals surface area contributed by atoms with E-state index in [1.165, 1.54) is 19.3 Å². The van der Waals surface area contributed by atoms with Gasteiger partial charge in [0.25, 0.3) is 0 Å². The molecule has 1 unspecified atom stereocenters. The average molecular weight is 378 g/mol. The molecule has 6 heteroatoms. The van der Waals surface area contributed by atoms with Crippen LogP contribution in [0.4, 0.5) is 0 Å². The molecule has 2 heterocycles. The molecule has 1 atom stereocenters. The van der Waals surface area contributed by atoms with Gasteiger partial charge in [-0.3, -0.25) is 14.4 Å². The zero-order valence-electron chi connectivity index (χ0n) is 16.8. The van der Waals surface area contributed by atoms with E-state index in [4.69, 9.17) is 0 Å². The van der Waals surface area contributed by atoms with Crippen LogP contribution in [-0.4, -0.2) is 71.7 Å². The smallest absolute Gasteiger partial charge is 0.227 e. The van der Waals surface area contributed by atoms with E-state index in [9.17, 15) is 14.4 Å². The predicted octanol–water partition coefficient (Wildman–Crippen LogP) is 2.28. The van der Waals surface area contributed by atoms with E-state index < -0.39 is 0 Å². The van der Waals surface area contributed by atoms with Crippen LogP contribution >= 0.6 is 0 Å². The van der Waals surface area contributed by atoms with Gasteiger partial charge in [0, 0.05) is 51.6 Å². The van der Waals surface area contributed by atoms with E-state index in [1.54, 1.807) is 0 Å². The normalized spacial score (nSPS) is 24.8. The molecule has 0 aromatic rings. The minimum Gasteiger partial charge on any atom is -0.342 e. The maximum Gasteiger partial charge on any atom is 0.227 e. The topological polar surface area (TPSA) is 60.9 Å². The zero-order chi connectivity index (χ0) is 19.2. The predicted molar refractivity (Wildman–Crippen MR) is 104 cm³/mol. The van der Waals surface area contributed by atoms with Crippen molar-refractivity contribution < 1.29 is 14.4 Å². The summed E-state index contributed by atoms with van der Waals surface area (Å²) >= 11 is 0. The highest BCUT2D eigenvalue weighted by atomic mass is 16.2. The summed E-state index contributed by atoms with van der Waals surface area (Å²) in [4.78, 5) is 43.6. The van der Waals surface area contributed by atoms with Crippen molar-refractivity contribution in [3.8, 4) is 0 Å². The molecular weight excluding hydrogens is 342 g/mol. The highest BCUT2D eigenvalue weighted by molar-refractivity contribution is 5.82. The van der Waals surface area contributed by atoms with Gasteiger partial charge in [-0.25, -0.2) is 0 Å². The largest absolute Gasteiger partial charge is 0.342 e. The number of hydrogen-bond donors (Lipinski definition) is 0.